The van der Waals surface area contributed by atoms with Gasteiger partial charge in [0.25, 0.3) is 5.56 Å². The van der Waals surface area contributed by atoms with Crippen LogP contribution in [-0.2, 0) is 13.0 Å². The van der Waals surface area contributed by atoms with Gasteiger partial charge >= 0.3 is 0 Å². The fourth-order valence-electron chi connectivity index (χ4n) is 2.34. The summed E-state index contributed by atoms with van der Waals surface area (Å²) in [6.07, 6.45) is 0.721. The fraction of sp³-hybridized carbons (Fsp3) is 0.692. The van der Waals surface area contributed by atoms with Crippen molar-refractivity contribution in [3.05, 3.63) is 27.4 Å². The van der Waals surface area contributed by atoms with Crippen LogP contribution < -0.4 is 5.56 Å². The Morgan fingerprint density at radius 2 is 1.95 bits per heavy atom. The van der Waals surface area contributed by atoms with Gasteiger partial charge in [0.15, 0.2) is 0 Å². The monoisotopic (exact) mass is 284 g/mol. The van der Waals surface area contributed by atoms with Crippen molar-refractivity contribution < 1.29 is 0 Å². The number of piperazine rings is 1. The van der Waals surface area contributed by atoms with Gasteiger partial charge in [-0.3, -0.25) is 14.3 Å². The predicted octanol–water partition coefficient (Wildman–Crippen LogP) is 0.706. The number of halogens is 1. The Morgan fingerprint density at radius 3 is 2.58 bits per heavy atom. The lowest BCUT2D eigenvalue weighted by molar-refractivity contribution is 0.149. The Kier molecular flexibility index (Phi) is 4.96. The van der Waals surface area contributed by atoms with Crippen molar-refractivity contribution in [1.29, 1.82) is 0 Å². The van der Waals surface area contributed by atoms with Crippen molar-refractivity contribution in [1.82, 2.24) is 19.4 Å². The first kappa shape index (κ1) is 14.5. The Morgan fingerprint density at radius 1 is 1.26 bits per heavy atom. The summed E-state index contributed by atoms with van der Waals surface area (Å²) in [4.78, 5) is 20.9. The van der Waals surface area contributed by atoms with E-state index in [9.17, 15) is 4.79 Å². The number of hydrogen-bond acceptors (Lipinski definition) is 4. The third-order valence-corrected chi connectivity index (χ3v) is 3.80. The van der Waals surface area contributed by atoms with Crippen LogP contribution in [0.15, 0.2) is 10.9 Å². The van der Waals surface area contributed by atoms with E-state index >= 15 is 0 Å². The first-order chi connectivity index (χ1) is 9.10. The Balaban J connectivity index is 2.01. The molecule has 0 radical (unpaired) electrons. The van der Waals surface area contributed by atoms with Crippen molar-refractivity contribution >= 4 is 11.6 Å². The maximum Gasteiger partial charge on any atom is 0.255 e. The molecule has 1 fully saturated rings. The lowest BCUT2D eigenvalue weighted by Crippen LogP contribution is -2.46. The molecule has 0 bridgehead atoms. The molecular weight excluding hydrogens is 264 g/mol. The lowest BCUT2D eigenvalue weighted by atomic mass is 10.3. The topological polar surface area (TPSA) is 41.4 Å². The Hall–Kier alpha value is -0.910. The third-order valence-electron chi connectivity index (χ3n) is 3.61. The molecule has 0 unspecified atom stereocenters. The van der Waals surface area contributed by atoms with Crippen molar-refractivity contribution in [2.45, 2.75) is 19.9 Å². The minimum Gasteiger partial charge on any atom is -0.304 e. The van der Waals surface area contributed by atoms with Gasteiger partial charge in [-0.05, 0) is 7.05 Å². The first-order valence-corrected chi connectivity index (χ1v) is 7.15. The summed E-state index contributed by atoms with van der Waals surface area (Å²) in [5.74, 6) is 0.770. The fourth-order valence-corrected chi connectivity index (χ4v) is 2.54. The highest BCUT2D eigenvalue weighted by molar-refractivity contribution is 6.29. The van der Waals surface area contributed by atoms with Gasteiger partial charge < -0.3 is 4.90 Å². The van der Waals surface area contributed by atoms with E-state index in [1.165, 1.54) is 6.07 Å². The van der Waals surface area contributed by atoms with Gasteiger partial charge in [0, 0.05) is 51.8 Å². The van der Waals surface area contributed by atoms with E-state index < -0.39 is 0 Å². The first-order valence-electron chi connectivity index (χ1n) is 6.77. The zero-order valence-corrected chi connectivity index (χ0v) is 12.4. The summed E-state index contributed by atoms with van der Waals surface area (Å²) >= 11 is 5.83. The standard InChI is InChI=1S/C13H21ClN4O/c1-3-12-15-11(14)10-13(19)18(12)9-8-17-6-4-16(2)5-7-17/h10H,3-9H2,1-2H3. The largest absolute Gasteiger partial charge is 0.304 e. The van der Waals surface area contributed by atoms with Crippen LogP contribution in [0.5, 0.6) is 0 Å². The smallest absolute Gasteiger partial charge is 0.255 e. The summed E-state index contributed by atoms with van der Waals surface area (Å²) < 4.78 is 1.74. The average molecular weight is 285 g/mol. The quantitative estimate of drug-likeness (QED) is 0.764. The molecule has 0 N–H and O–H groups in total. The van der Waals surface area contributed by atoms with Crippen LogP contribution in [0.25, 0.3) is 0 Å². The molecule has 106 valence electrons. The number of hydrogen-bond donors (Lipinski definition) is 0. The summed E-state index contributed by atoms with van der Waals surface area (Å²) in [7, 11) is 2.14. The minimum atomic E-state index is -0.0500. The second-order valence-electron chi connectivity index (χ2n) is 4.98. The molecule has 0 amide bonds. The molecule has 0 aliphatic carbocycles. The molecule has 0 aromatic carbocycles. The normalized spacial score (nSPS) is 17.8. The van der Waals surface area contributed by atoms with Crippen molar-refractivity contribution in [2.24, 2.45) is 0 Å². The summed E-state index contributed by atoms with van der Waals surface area (Å²) in [5, 5.41) is 0.290. The van der Waals surface area contributed by atoms with Gasteiger partial charge in [0.2, 0.25) is 0 Å². The summed E-state index contributed by atoms with van der Waals surface area (Å²) in [6.45, 7) is 7.88. The lowest BCUT2D eigenvalue weighted by Gasteiger charge is -2.32. The van der Waals surface area contributed by atoms with Gasteiger partial charge in [0.1, 0.15) is 11.0 Å². The van der Waals surface area contributed by atoms with Crippen molar-refractivity contribution in [3.63, 3.8) is 0 Å². The second kappa shape index (κ2) is 6.50. The number of likely N-dealkylation sites (N-methyl/N-ethyl adjacent to an activating group) is 1. The number of rotatable bonds is 4. The molecule has 5 nitrogen and oxygen atoms in total. The zero-order chi connectivity index (χ0) is 13.8. The van der Waals surface area contributed by atoms with Gasteiger partial charge in [0.05, 0.1) is 0 Å². The van der Waals surface area contributed by atoms with Crippen LogP contribution in [0.4, 0.5) is 0 Å². The molecule has 2 rings (SSSR count). The zero-order valence-electron chi connectivity index (χ0n) is 11.6. The van der Waals surface area contributed by atoms with Crippen molar-refractivity contribution in [2.75, 3.05) is 39.8 Å². The number of nitrogens with zero attached hydrogens (tertiary/aromatic N) is 4. The van der Waals surface area contributed by atoms with Gasteiger partial charge in [-0.25, -0.2) is 4.98 Å². The molecule has 0 spiro atoms. The highest BCUT2D eigenvalue weighted by Gasteiger charge is 2.14. The highest BCUT2D eigenvalue weighted by atomic mass is 35.5. The summed E-state index contributed by atoms with van der Waals surface area (Å²) in [5.41, 5.74) is -0.0500. The van der Waals surface area contributed by atoms with E-state index in [-0.39, 0.29) is 10.7 Å². The van der Waals surface area contributed by atoms with Gasteiger partial charge in [-0.1, -0.05) is 18.5 Å². The third kappa shape index (κ3) is 3.78. The molecule has 1 aromatic rings. The minimum absolute atomic E-state index is 0.0500. The van der Waals surface area contributed by atoms with E-state index in [0.717, 1.165) is 45.0 Å². The molecule has 0 saturated carbocycles. The summed E-state index contributed by atoms with van der Waals surface area (Å²) in [6, 6.07) is 1.39. The van der Waals surface area contributed by atoms with E-state index in [1.807, 2.05) is 6.92 Å². The van der Waals surface area contributed by atoms with E-state index in [0.29, 0.717) is 6.54 Å². The number of aryl methyl sites for hydroxylation is 1. The van der Waals surface area contributed by atoms with E-state index in [4.69, 9.17) is 11.6 Å². The maximum atomic E-state index is 12.0. The maximum absolute atomic E-state index is 12.0. The molecule has 6 heteroatoms. The second-order valence-corrected chi connectivity index (χ2v) is 5.37. The number of aromatic nitrogens is 2. The Labute approximate surface area is 118 Å². The van der Waals surface area contributed by atoms with Gasteiger partial charge in [-0.2, -0.15) is 0 Å². The molecule has 1 aliphatic rings. The van der Waals surface area contributed by atoms with Gasteiger partial charge in [-0.15, -0.1) is 0 Å². The average Bonchev–Trinajstić information content (AvgIpc) is 2.39. The Bertz CT molecular complexity index is 480. The molecule has 1 aromatic heterocycles. The van der Waals surface area contributed by atoms with Crippen LogP contribution in [0.3, 0.4) is 0 Å². The molecule has 19 heavy (non-hydrogen) atoms. The van der Waals surface area contributed by atoms with Crippen LogP contribution in [0, 0.1) is 0 Å². The van der Waals surface area contributed by atoms with E-state index in [1.54, 1.807) is 4.57 Å². The van der Waals surface area contributed by atoms with Crippen LogP contribution in [0.2, 0.25) is 5.15 Å². The van der Waals surface area contributed by atoms with Crippen LogP contribution in [0.1, 0.15) is 12.7 Å². The van der Waals surface area contributed by atoms with Crippen LogP contribution in [-0.4, -0.2) is 59.1 Å². The van der Waals surface area contributed by atoms with Crippen molar-refractivity contribution in [3.8, 4) is 0 Å². The SMILES string of the molecule is CCc1nc(Cl)cc(=O)n1CCN1CCN(C)CC1. The van der Waals surface area contributed by atoms with E-state index in [2.05, 4.69) is 21.8 Å². The molecule has 1 aliphatic heterocycles. The predicted molar refractivity (Wildman–Crippen MR) is 76.8 cm³/mol. The molecule has 2 heterocycles. The highest BCUT2D eigenvalue weighted by Crippen LogP contribution is 2.04. The molecule has 1 saturated heterocycles. The van der Waals surface area contributed by atoms with Crippen LogP contribution >= 0.6 is 11.6 Å². The molecular formula is C13H21ClN4O. The molecule has 0 atom stereocenters.